The first-order valence-electron chi connectivity index (χ1n) is 12.6. The van der Waals surface area contributed by atoms with Gasteiger partial charge in [0.1, 0.15) is 6.04 Å². The van der Waals surface area contributed by atoms with E-state index in [2.05, 4.69) is 20.6 Å². The molecule has 37 heavy (non-hydrogen) atoms. The van der Waals surface area contributed by atoms with Gasteiger partial charge in [0.05, 0.1) is 6.04 Å². The molecule has 0 unspecified atom stereocenters. The number of carbonyl (C=O) groups excluding carboxylic acids is 3. The van der Waals surface area contributed by atoms with Crippen LogP contribution in [0.5, 0.6) is 0 Å². The fraction of sp³-hybridized carbons (Fsp3) is 0.321. The summed E-state index contributed by atoms with van der Waals surface area (Å²) in [5, 5.41) is 7.72. The lowest BCUT2D eigenvalue weighted by Crippen LogP contribution is -2.45. The molecule has 0 radical (unpaired) electrons. The van der Waals surface area contributed by atoms with Gasteiger partial charge in [-0.25, -0.2) is 0 Å². The molecule has 9 nitrogen and oxygen atoms in total. The van der Waals surface area contributed by atoms with Gasteiger partial charge in [0, 0.05) is 53.6 Å². The number of nitrogens with one attached hydrogen (secondary N) is 4. The molecule has 2 heterocycles. The van der Waals surface area contributed by atoms with Gasteiger partial charge in [-0.3, -0.25) is 14.4 Å². The first kappa shape index (κ1) is 26.0. The Kier molecular flexibility index (Phi) is 8.58. The van der Waals surface area contributed by atoms with Gasteiger partial charge in [-0.1, -0.05) is 42.8 Å². The van der Waals surface area contributed by atoms with Crippen LogP contribution >= 0.6 is 0 Å². The summed E-state index contributed by atoms with van der Waals surface area (Å²) in [5.74, 6) is -0.969. The molecule has 4 aromatic rings. The van der Waals surface area contributed by atoms with Crippen molar-refractivity contribution in [3.63, 3.8) is 0 Å². The van der Waals surface area contributed by atoms with Crippen LogP contribution in [0.3, 0.4) is 0 Å². The lowest BCUT2D eigenvalue weighted by Gasteiger charge is -2.15. The second-order valence-electron chi connectivity index (χ2n) is 9.36. The van der Waals surface area contributed by atoms with E-state index in [1.807, 2.05) is 60.9 Å². The van der Waals surface area contributed by atoms with Crippen LogP contribution in [-0.2, 0) is 27.2 Å². The number of amides is 3. The van der Waals surface area contributed by atoms with Crippen LogP contribution in [0.2, 0.25) is 0 Å². The maximum absolute atomic E-state index is 12.4. The van der Waals surface area contributed by atoms with Crippen molar-refractivity contribution in [3.05, 3.63) is 72.1 Å². The second-order valence-corrected chi connectivity index (χ2v) is 9.36. The molecular formula is C28H34N6O3. The highest BCUT2D eigenvalue weighted by molar-refractivity contribution is 5.89. The number of benzene rings is 2. The minimum Gasteiger partial charge on any atom is -0.368 e. The molecule has 2 aromatic heterocycles. The Morgan fingerprint density at radius 2 is 1.41 bits per heavy atom. The maximum Gasteiger partial charge on any atom is 0.240 e. The number of H-pyrrole nitrogens is 2. The second kappa shape index (κ2) is 12.2. The Bertz CT molecular complexity index is 1370. The minimum absolute atomic E-state index is 0.190. The van der Waals surface area contributed by atoms with Gasteiger partial charge < -0.3 is 32.1 Å². The molecule has 8 N–H and O–H groups in total. The van der Waals surface area contributed by atoms with Crippen molar-refractivity contribution in [2.24, 2.45) is 11.5 Å². The van der Waals surface area contributed by atoms with Gasteiger partial charge in [0.15, 0.2) is 0 Å². The molecular weight excluding hydrogens is 468 g/mol. The van der Waals surface area contributed by atoms with Gasteiger partial charge in [-0.2, -0.15) is 0 Å². The number of hydrogen-bond donors (Lipinski definition) is 6. The lowest BCUT2D eigenvalue weighted by atomic mass is 10.0. The predicted octanol–water partition coefficient (Wildman–Crippen LogP) is 2.41. The molecule has 9 heteroatoms. The quantitative estimate of drug-likeness (QED) is 0.155. The molecule has 0 bridgehead atoms. The zero-order valence-corrected chi connectivity index (χ0v) is 20.8. The summed E-state index contributed by atoms with van der Waals surface area (Å²) >= 11 is 0. The van der Waals surface area contributed by atoms with E-state index in [1.54, 1.807) is 0 Å². The van der Waals surface area contributed by atoms with Crippen LogP contribution in [0.15, 0.2) is 60.9 Å². The molecule has 2 aromatic carbocycles. The summed E-state index contributed by atoms with van der Waals surface area (Å²) in [7, 11) is 0. The molecule has 0 aliphatic heterocycles. The van der Waals surface area contributed by atoms with Crippen LogP contribution in [0, 0.1) is 0 Å². The van der Waals surface area contributed by atoms with Crippen LogP contribution in [0.1, 0.15) is 36.8 Å². The van der Waals surface area contributed by atoms with Gasteiger partial charge in [0.2, 0.25) is 17.7 Å². The van der Waals surface area contributed by atoms with Gasteiger partial charge in [0.25, 0.3) is 0 Å². The predicted molar refractivity (Wildman–Crippen MR) is 145 cm³/mol. The highest BCUT2D eigenvalue weighted by atomic mass is 16.2. The molecule has 0 saturated heterocycles. The normalized spacial score (nSPS) is 12.9. The number of carbonyl (C=O) groups is 3. The first-order valence-corrected chi connectivity index (χ1v) is 12.6. The monoisotopic (exact) mass is 502 g/mol. The van der Waals surface area contributed by atoms with Crippen LogP contribution < -0.4 is 22.1 Å². The number of rotatable bonds is 13. The Hall–Kier alpha value is -4.11. The first-order chi connectivity index (χ1) is 17.9. The SMILES string of the molecule is NC(=O)[C@@H](Cc1c[nH]c2ccccc12)NC(=O)CCCCCNC(=O)[C@H](N)Cc1c[nH]c2ccccc12. The summed E-state index contributed by atoms with van der Waals surface area (Å²) in [6.45, 7) is 0.493. The minimum atomic E-state index is -0.773. The molecule has 0 aliphatic carbocycles. The fourth-order valence-corrected chi connectivity index (χ4v) is 4.57. The van der Waals surface area contributed by atoms with Gasteiger partial charge in [-0.05, 0) is 42.5 Å². The number of nitrogens with two attached hydrogens (primary N) is 2. The Morgan fingerprint density at radius 3 is 2.03 bits per heavy atom. The van der Waals surface area contributed by atoms with Crippen LogP contribution in [0.4, 0.5) is 0 Å². The average molecular weight is 503 g/mol. The van der Waals surface area contributed by atoms with E-state index in [1.165, 1.54) is 0 Å². The summed E-state index contributed by atoms with van der Waals surface area (Å²) in [6, 6.07) is 14.3. The largest absolute Gasteiger partial charge is 0.368 e. The molecule has 3 amide bonds. The number of fused-ring (bicyclic) bond motifs is 2. The molecule has 0 fully saturated rings. The van der Waals surface area contributed by atoms with Crippen molar-refractivity contribution >= 4 is 39.5 Å². The average Bonchev–Trinajstić information content (AvgIpc) is 3.49. The van der Waals surface area contributed by atoms with E-state index in [4.69, 9.17) is 11.5 Å². The zero-order valence-electron chi connectivity index (χ0n) is 20.8. The molecule has 0 spiro atoms. The molecule has 194 valence electrons. The number of aromatic amines is 2. The number of para-hydroxylation sites is 2. The standard InChI is InChI=1S/C28H34N6O3/c29-22(14-18-16-32-23-10-5-3-8-20(18)23)28(37)31-13-7-1-2-12-26(35)34-25(27(30)36)15-19-17-33-24-11-6-4-9-21(19)24/h3-6,8-11,16-17,22,25,32-33H,1-2,7,12-15,29H2,(H2,30,36)(H,31,37)(H,34,35)/t22-,25-/m1/s1. The molecule has 2 atom stereocenters. The maximum atomic E-state index is 12.4. The van der Waals surface area contributed by atoms with E-state index in [-0.39, 0.29) is 18.2 Å². The third kappa shape index (κ3) is 6.77. The van der Waals surface area contributed by atoms with Gasteiger partial charge >= 0.3 is 0 Å². The summed E-state index contributed by atoms with van der Waals surface area (Å²) < 4.78 is 0. The van der Waals surface area contributed by atoms with Crippen molar-refractivity contribution in [2.75, 3.05) is 6.54 Å². The van der Waals surface area contributed by atoms with Crippen molar-refractivity contribution in [1.82, 2.24) is 20.6 Å². The van der Waals surface area contributed by atoms with Crippen molar-refractivity contribution in [2.45, 2.75) is 50.6 Å². The van der Waals surface area contributed by atoms with Crippen molar-refractivity contribution in [3.8, 4) is 0 Å². The molecule has 0 saturated carbocycles. The third-order valence-electron chi connectivity index (χ3n) is 6.61. The highest BCUT2D eigenvalue weighted by Crippen LogP contribution is 2.20. The molecule has 4 rings (SSSR count). The highest BCUT2D eigenvalue weighted by Gasteiger charge is 2.20. The summed E-state index contributed by atoms with van der Waals surface area (Å²) in [5.41, 5.74) is 15.6. The Balaban J connectivity index is 1.13. The molecule has 0 aliphatic rings. The van der Waals surface area contributed by atoms with E-state index in [0.717, 1.165) is 45.8 Å². The topological polar surface area (TPSA) is 159 Å². The third-order valence-corrected chi connectivity index (χ3v) is 6.61. The van der Waals surface area contributed by atoms with Crippen LogP contribution in [-0.4, -0.2) is 46.3 Å². The van der Waals surface area contributed by atoms with E-state index in [0.29, 0.717) is 25.8 Å². The Labute approximate surface area is 215 Å². The number of unbranched alkanes of at least 4 members (excludes halogenated alkanes) is 2. The number of hydrogen-bond acceptors (Lipinski definition) is 4. The van der Waals surface area contributed by atoms with Crippen molar-refractivity contribution < 1.29 is 14.4 Å². The van der Waals surface area contributed by atoms with E-state index in [9.17, 15) is 14.4 Å². The lowest BCUT2D eigenvalue weighted by molar-refractivity contribution is -0.127. The van der Waals surface area contributed by atoms with Gasteiger partial charge in [-0.15, -0.1) is 0 Å². The Morgan fingerprint density at radius 1 is 0.811 bits per heavy atom. The zero-order chi connectivity index (χ0) is 26.2. The van der Waals surface area contributed by atoms with Crippen molar-refractivity contribution in [1.29, 1.82) is 0 Å². The van der Waals surface area contributed by atoms with E-state index >= 15 is 0 Å². The fourth-order valence-electron chi connectivity index (χ4n) is 4.57. The smallest absolute Gasteiger partial charge is 0.240 e. The number of primary amides is 1. The summed E-state index contributed by atoms with van der Waals surface area (Å²) in [6.07, 6.45) is 6.93. The summed E-state index contributed by atoms with van der Waals surface area (Å²) in [4.78, 5) is 43.1. The van der Waals surface area contributed by atoms with E-state index < -0.39 is 18.0 Å². The van der Waals surface area contributed by atoms with Crippen LogP contribution in [0.25, 0.3) is 21.8 Å². The number of aromatic nitrogens is 2.